The fourth-order valence-electron chi connectivity index (χ4n) is 10.6. The van der Waals surface area contributed by atoms with Crippen molar-refractivity contribution in [1.82, 2.24) is 0 Å². The Hall–Kier alpha value is -2.29. The van der Waals surface area contributed by atoms with E-state index < -0.39 is 26.5 Å². The molecule has 0 saturated heterocycles. The topological polar surface area (TPSA) is 134 Å². The number of rotatable bonds is 68. The molecule has 2 unspecified atom stereocenters. The number of ether oxygens (including phenoxy) is 2. The first kappa shape index (κ1) is 80.7. The molecule has 10 heteroatoms. The van der Waals surface area contributed by atoms with E-state index >= 15 is 0 Å². The van der Waals surface area contributed by atoms with Gasteiger partial charge in [0, 0.05) is 19.4 Å². The van der Waals surface area contributed by atoms with Gasteiger partial charge >= 0.3 is 19.8 Å². The molecule has 0 heterocycles. The smallest absolute Gasteiger partial charge is 0.462 e. The number of carbonyl (C=O) groups is 2. The summed E-state index contributed by atoms with van der Waals surface area (Å²) in [5.41, 5.74) is 5.40. The number of phosphoric acid groups is 1. The summed E-state index contributed by atoms with van der Waals surface area (Å²) < 4.78 is 33.1. The second kappa shape index (κ2) is 68.8. The van der Waals surface area contributed by atoms with E-state index in [9.17, 15) is 19.0 Å². The second-order valence-electron chi connectivity index (χ2n) is 24.1. The van der Waals surface area contributed by atoms with Crippen LogP contribution >= 0.6 is 7.82 Å². The van der Waals surface area contributed by atoms with Crippen LogP contribution in [0.5, 0.6) is 0 Å². The van der Waals surface area contributed by atoms with Gasteiger partial charge in [0.05, 0.1) is 13.2 Å². The molecule has 3 N–H and O–H groups in total. The zero-order chi connectivity index (χ0) is 60.1. The highest BCUT2D eigenvalue weighted by Crippen LogP contribution is 2.43. The lowest BCUT2D eigenvalue weighted by molar-refractivity contribution is -0.161. The molecule has 0 aliphatic heterocycles. The maximum Gasteiger partial charge on any atom is 0.472 e. The van der Waals surface area contributed by atoms with Gasteiger partial charge in [0.1, 0.15) is 6.61 Å². The first-order valence-corrected chi connectivity index (χ1v) is 37.3. The molecule has 0 aromatic heterocycles. The Bertz CT molecular complexity index is 1540. The van der Waals surface area contributed by atoms with Crippen LogP contribution in [0.3, 0.4) is 0 Å². The first-order chi connectivity index (χ1) is 40.8. The summed E-state index contributed by atoms with van der Waals surface area (Å²) in [6.07, 6.45) is 89.2. The summed E-state index contributed by atoms with van der Waals surface area (Å²) in [6, 6.07) is 0. The third-order valence-corrected chi connectivity index (χ3v) is 16.9. The van der Waals surface area contributed by atoms with Crippen LogP contribution in [-0.4, -0.2) is 49.3 Å². The Kier molecular flexibility index (Phi) is 66.9. The van der Waals surface area contributed by atoms with Crippen molar-refractivity contribution in [2.45, 2.75) is 367 Å². The number of allylic oxidation sites excluding steroid dienone is 10. The van der Waals surface area contributed by atoms with Crippen LogP contribution in [0.2, 0.25) is 0 Å². The number of esters is 2. The first-order valence-electron chi connectivity index (χ1n) is 35.8. The predicted molar refractivity (Wildman–Crippen MR) is 358 cm³/mol. The highest BCUT2D eigenvalue weighted by Gasteiger charge is 2.26. The van der Waals surface area contributed by atoms with Crippen molar-refractivity contribution in [3.8, 4) is 0 Å². The van der Waals surface area contributed by atoms with Crippen LogP contribution in [0.25, 0.3) is 0 Å². The van der Waals surface area contributed by atoms with Crippen LogP contribution in [-0.2, 0) is 32.7 Å². The van der Waals surface area contributed by atoms with Crippen molar-refractivity contribution in [3.05, 3.63) is 60.8 Å². The molecule has 0 fully saturated rings. The zero-order valence-corrected chi connectivity index (χ0v) is 55.6. The lowest BCUT2D eigenvalue weighted by Crippen LogP contribution is -2.29. The van der Waals surface area contributed by atoms with E-state index in [1.165, 1.54) is 257 Å². The maximum absolute atomic E-state index is 12.7. The molecule has 0 spiro atoms. The molecule has 0 rings (SSSR count). The van der Waals surface area contributed by atoms with Gasteiger partial charge in [-0.05, 0) is 77.0 Å². The molecule has 9 nitrogen and oxygen atoms in total. The Morgan fingerprint density at radius 1 is 0.373 bits per heavy atom. The van der Waals surface area contributed by atoms with Gasteiger partial charge in [-0.25, -0.2) is 4.57 Å². The SMILES string of the molecule is CC/C=C\C/C=C\C/C=C\C/C=C\CCCCCCCCCCC(=O)OC(COC(=O)CCCCCCCCCCCCCCCCCCCCCCCCCCCCCCC/C=C\CCCCCCCCCC)COP(=O)(O)OCCN. The van der Waals surface area contributed by atoms with Gasteiger partial charge in [-0.1, -0.05) is 331 Å². The number of carbonyl (C=O) groups excluding carboxylic acids is 2. The quantitative estimate of drug-likeness (QED) is 0.0264. The summed E-state index contributed by atoms with van der Waals surface area (Å²) in [5, 5.41) is 0. The van der Waals surface area contributed by atoms with E-state index in [-0.39, 0.29) is 38.6 Å². The molecule has 0 aliphatic rings. The van der Waals surface area contributed by atoms with E-state index in [0.29, 0.717) is 6.42 Å². The molecule has 486 valence electrons. The molecular weight excluding hydrogens is 1050 g/mol. The molecule has 0 aliphatic carbocycles. The second-order valence-corrected chi connectivity index (χ2v) is 25.5. The van der Waals surface area contributed by atoms with Crippen molar-refractivity contribution in [2.75, 3.05) is 26.4 Å². The largest absolute Gasteiger partial charge is 0.472 e. The van der Waals surface area contributed by atoms with E-state index in [2.05, 4.69) is 74.6 Å². The highest BCUT2D eigenvalue weighted by molar-refractivity contribution is 7.47. The molecule has 0 radical (unpaired) electrons. The third kappa shape index (κ3) is 68.7. The molecule has 83 heavy (non-hydrogen) atoms. The van der Waals surface area contributed by atoms with Crippen molar-refractivity contribution in [3.63, 3.8) is 0 Å². The minimum atomic E-state index is -4.39. The minimum Gasteiger partial charge on any atom is -0.462 e. The maximum atomic E-state index is 12.7. The summed E-state index contributed by atoms with van der Waals surface area (Å²) in [6.45, 7) is 3.67. The monoisotopic (exact) mass is 1190 g/mol. The highest BCUT2D eigenvalue weighted by atomic mass is 31.2. The molecule has 0 saturated carbocycles. The summed E-state index contributed by atoms with van der Waals surface area (Å²) in [4.78, 5) is 35.3. The Balaban J connectivity index is 3.74. The van der Waals surface area contributed by atoms with Crippen molar-refractivity contribution < 1.29 is 37.6 Å². The molecule has 0 aromatic carbocycles. The summed E-state index contributed by atoms with van der Waals surface area (Å²) in [7, 11) is -4.39. The summed E-state index contributed by atoms with van der Waals surface area (Å²) >= 11 is 0. The number of hydrogen-bond donors (Lipinski definition) is 2. The van der Waals surface area contributed by atoms with Crippen molar-refractivity contribution in [2.24, 2.45) is 5.73 Å². The average molecular weight is 1190 g/mol. The molecule has 0 amide bonds. The van der Waals surface area contributed by atoms with Crippen LogP contribution in [0.15, 0.2) is 60.8 Å². The number of phosphoric ester groups is 1. The van der Waals surface area contributed by atoms with Crippen LogP contribution in [0, 0.1) is 0 Å². The van der Waals surface area contributed by atoms with Gasteiger partial charge in [-0.2, -0.15) is 0 Å². The normalized spacial score (nSPS) is 13.3. The van der Waals surface area contributed by atoms with Gasteiger partial charge in [0.25, 0.3) is 0 Å². The van der Waals surface area contributed by atoms with Gasteiger partial charge in [0.15, 0.2) is 6.10 Å². The van der Waals surface area contributed by atoms with Crippen molar-refractivity contribution >= 4 is 19.8 Å². The predicted octanol–water partition coefficient (Wildman–Crippen LogP) is 23.4. The van der Waals surface area contributed by atoms with E-state index in [4.69, 9.17) is 24.3 Å². The zero-order valence-electron chi connectivity index (χ0n) is 54.7. The van der Waals surface area contributed by atoms with Gasteiger partial charge < -0.3 is 20.1 Å². The van der Waals surface area contributed by atoms with Crippen LogP contribution in [0.1, 0.15) is 361 Å². The third-order valence-electron chi connectivity index (χ3n) is 15.9. The fraction of sp³-hybridized carbons (Fsp3) is 0.836. The Morgan fingerprint density at radius 3 is 1.00 bits per heavy atom. The molecule has 2 atom stereocenters. The molecular formula is C73H136NO8P. The lowest BCUT2D eigenvalue weighted by atomic mass is 10.0. The average Bonchev–Trinajstić information content (AvgIpc) is 3.49. The molecule has 0 aromatic rings. The lowest BCUT2D eigenvalue weighted by Gasteiger charge is -2.19. The minimum absolute atomic E-state index is 0.0515. The van der Waals surface area contributed by atoms with E-state index in [0.717, 1.165) is 70.6 Å². The van der Waals surface area contributed by atoms with Gasteiger partial charge in [0.2, 0.25) is 0 Å². The van der Waals surface area contributed by atoms with E-state index in [1.54, 1.807) is 0 Å². The standard InChI is InChI=1S/C73H136NO8P/c1-3-5-7-9-11-13-15-17-19-21-23-25-26-27-28-29-30-31-32-33-34-35-36-37-38-39-40-41-42-43-44-46-47-49-51-53-55-57-59-61-63-65-72(75)79-69-71(70-81-83(77,78)80-68-67-74)82-73(76)66-64-62-60-58-56-54-52-50-48-45-24-22-20-18-16-14-12-10-8-6-4-2/h6,8,12,14,18,20-21,23-24,45,71H,3-5,7,9-11,13,15-17,19,22,25-44,46-70,74H2,1-2H3,(H,77,78)/b8-6-,14-12-,20-18-,23-21-,45-24-. The van der Waals surface area contributed by atoms with Crippen LogP contribution < -0.4 is 5.73 Å². The number of unbranched alkanes of at least 4 members (excludes halogenated alkanes) is 45. The van der Waals surface area contributed by atoms with Crippen LogP contribution in [0.4, 0.5) is 0 Å². The molecule has 0 bridgehead atoms. The number of hydrogen-bond acceptors (Lipinski definition) is 8. The van der Waals surface area contributed by atoms with E-state index in [1.807, 2.05) is 0 Å². The Labute approximate surface area is 514 Å². The fourth-order valence-corrected chi connectivity index (χ4v) is 11.4. The Morgan fingerprint density at radius 2 is 0.663 bits per heavy atom. The number of nitrogens with two attached hydrogens (primary N) is 1. The van der Waals surface area contributed by atoms with Gasteiger partial charge in [-0.15, -0.1) is 0 Å². The summed E-state index contributed by atoms with van der Waals surface area (Å²) in [5.74, 6) is -0.823. The van der Waals surface area contributed by atoms with Crippen molar-refractivity contribution in [1.29, 1.82) is 0 Å². The van der Waals surface area contributed by atoms with Gasteiger partial charge in [-0.3, -0.25) is 18.6 Å².